The number of carbonyl (C=O) groups is 2. The van der Waals surface area contributed by atoms with Crippen molar-refractivity contribution in [1.29, 1.82) is 0 Å². The summed E-state index contributed by atoms with van der Waals surface area (Å²) in [5, 5.41) is 5.92. The van der Waals surface area contributed by atoms with Crippen LogP contribution in [0.2, 0.25) is 0 Å². The number of hydrogen-bond acceptors (Lipinski definition) is 6. The van der Waals surface area contributed by atoms with Crippen molar-refractivity contribution in [2.75, 3.05) is 17.7 Å². The Labute approximate surface area is 162 Å². The maximum atomic E-state index is 12.4. The van der Waals surface area contributed by atoms with Crippen molar-refractivity contribution in [3.05, 3.63) is 77.2 Å². The van der Waals surface area contributed by atoms with Crippen LogP contribution in [-0.2, 0) is 4.74 Å². The van der Waals surface area contributed by atoms with Gasteiger partial charge >= 0.3 is 5.97 Å². The van der Waals surface area contributed by atoms with E-state index in [0.717, 1.165) is 22.5 Å². The van der Waals surface area contributed by atoms with Crippen molar-refractivity contribution in [3.8, 4) is 0 Å². The van der Waals surface area contributed by atoms with Crippen LogP contribution in [-0.4, -0.2) is 29.0 Å². The lowest BCUT2D eigenvalue weighted by Gasteiger charge is -2.09. The molecule has 0 unspecified atom stereocenters. The molecule has 1 amide bonds. The van der Waals surface area contributed by atoms with E-state index in [0.29, 0.717) is 11.4 Å². The Morgan fingerprint density at radius 2 is 1.71 bits per heavy atom. The zero-order valence-electron chi connectivity index (χ0n) is 15.8. The third kappa shape index (κ3) is 4.50. The topological polar surface area (TPSA) is 93.2 Å². The lowest BCUT2D eigenvalue weighted by atomic mass is 10.1. The number of esters is 1. The first kappa shape index (κ1) is 19.0. The molecule has 0 aliphatic rings. The van der Waals surface area contributed by atoms with E-state index in [9.17, 15) is 9.59 Å². The van der Waals surface area contributed by atoms with Gasteiger partial charge in [0, 0.05) is 11.4 Å². The van der Waals surface area contributed by atoms with Crippen LogP contribution in [0.15, 0.2) is 54.9 Å². The molecular formula is C21H20N4O3. The van der Waals surface area contributed by atoms with E-state index in [4.69, 9.17) is 0 Å². The molecule has 3 rings (SSSR count). The van der Waals surface area contributed by atoms with Crippen LogP contribution in [0.3, 0.4) is 0 Å². The van der Waals surface area contributed by atoms with E-state index in [2.05, 4.69) is 25.3 Å². The van der Waals surface area contributed by atoms with Gasteiger partial charge in [0.25, 0.3) is 5.91 Å². The van der Waals surface area contributed by atoms with Crippen molar-refractivity contribution in [3.63, 3.8) is 0 Å². The number of aryl methyl sites for hydroxylation is 2. The van der Waals surface area contributed by atoms with Gasteiger partial charge in [0.2, 0.25) is 0 Å². The predicted octanol–water partition coefficient (Wildman–Crippen LogP) is 3.88. The number of amides is 1. The van der Waals surface area contributed by atoms with E-state index >= 15 is 0 Å². The highest BCUT2D eigenvalue weighted by Gasteiger charge is 2.11. The fraction of sp³-hybridized carbons (Fsp3) is 0.143. The predicted molar refractivity (Wildman–Crippen MR) is 107 cm³/mol. The van der Waals surface area contributed by atoms with Crippen LogP contribution >= 0.6 is 0 Å². The molecule has 0 saturated heterocycles. The molecule has 3 aromatic rings. The normalized spacial score (nSPS) is 10.2. The van der Waals surface area contributed by atoms with Gasteiger partial charge in [0.1, 0.15) is 11.5 Å². The minimum absolute atomic E-state index is 0.215. The molecule has 0 aliphatic carbocycles. The molecule has 2 aromatic carbocycles. The van der Waals surface area contributed by atoms with E-state index in [1.807, 2.05) is 32.0 Å². The van der Waals surface area contributed by atoms with Crippen LogP contribution in [0.1, 0.15) is 32.0 Å². The van der Waals surface area contributed by atoms with E-state index in [1.54, 1.807) is 24.3 Å². The van der Waals surface area contributed by atoms with Gasteiger partial charge in [0.05, 0.1) is 25.1 Å². The van der Waals surface area contributed by atoms with Gasteiger partial charge in [-0.25, -0.2) is 14.8 Å². The minimum atomic E-state index is -0.398. The molecule has 7 nitrogen and oxygen atoms in total. The lowest BCUT2D eigenvalue weighted by Crippen LogP contribution is -2.15. The molecule has 142 valence electrons. The fourth-order valence-electron chi connectivity index (χ4n) is 2.52. The van der Waals surface area contributed by atoms with Crippen molar-refractivity contribution in [1.82, 2.24) is 9.97 Å². The molecule has 1 aromatic heterocycles. The van der Waals surface area contributed by atoms with Crippen molar-refractivity contribution < 1.29 is 14.3 Å². The lowest BCUT2D eigenvalue weighted by molar-refractivity contribution is 0.0600. The van der Waals surface area contributed by atoms with Gasteiger partial charge in [-0.3, -0.25) is 4.79 Å². The maximum Gasteiger partial charge on any atom is 0.337 e. The number of carbonyl (C=O) groups excluding carboxylic acids is 2. The second kappa shape index (κ2) is 8.30. The summed E-state index contributed by atoms with van der Waals surface area (Å²) in [6.45, 7) is 3.90. The highest BCUT2D eigenvalue weighted by molar-refractivity contribution is 6.03. The first-order valence-electron chi connectivity index (χ1n) is 8.62. The zero-order chi connectivity index (χ0) is 20.1. The summed E-state index contributed by atoms with van der Waals surface area (Å²) < 4.78 is 4.67. The Morgan fingerprint density at radius 1 is 0.964 bits per heavy atom. The van der Waals surface area contributed by atoms with Crippen LogP contribution in [0.25, 0.3) is 0 Å². The summed E-state index contributed by atoms with van der Waals surface area (Å²) in [5.41, 5.74) is 4.18. The fourth-order valence-corrected chi connectivity index (χ4v) is 2.52. The van der Waals surface area contributed by atoms with Crippen LogP contribution in [0.5, 0.6) is 0 Å². The average Bonchev–Trinajstić information content (AvgIpc) is 2.71. The van der Waals surface area contributed by atoms with Crippen molar-refractivity contribution >= 4 is 29.1 Å². The van der Waals surface area contributed by atoms with Gasteiger partial charge in [-0.05, 0) is 55.3 Å². The Balaban J connectivity index is 1.66. The summed E-state index contributed by atoms with van der Waals surface area (Å²) in [6.07, 6.45) is 2.89. The quantitative estimate of drug-likeness (QED) is 0.657. The summed E-state index contributed by atoms with van der Waals surface area (Å²) in [5.74, 6) is -0.241. The summed E-state index contributed by atoms with van der Waals surface area (Å²) in [4.78, 5) is 32.2. The third-order valence-electron chi connectivity index (χ3n) is 4.10. The van der Waals surface area contributed by atoms with Gasteiger partial charge in [-0.15, -0.1) is 0 Å². The largest absolute Gasteiger partial charge is 0.465 e. The number of methoxy groups -OCH3 is 1. The summed E-state index contributed by atoms with van der Waals surface area (Å²) in [7, 11) is 1.34. The number of anilines is 3. The summed E-state index contributed by atoms with van der Waals surface area (Å²) >= 11 is 0. The number of ether oxygens (including phenoxy) is 1. The average molecular weight is 376 g/mol. The zero-order valence-corrected chi connectivity index (χ0v) is 15.8. The van der Waals surface area contributed by atoms with Gasteiger partial charge in [0.15, 0.2) is 0 Å². The number of nitrogens with zero attached hydrogens (tertiary/aromatic N) is 2. The molecular weight excluding hydrogens is 356 g/mol. The van der Waals surface area contributed by atoms with Crippen LogP contribution in [0, 0.1) is 13.8 Å². The smallest absolute Gasteiger partial charge is 0.337 e. The molecule has 28 heavy (non-hydrogen) atoms. The molecule has 0 bridgehead atoms. The van der Waals surface area contributed by atoms with Crippen molar-refractivity contribution in [2.24, 2.45) is 0 Å². The molecule has 0 fully saturated rings. The standard InChI is InChI=1S/C21H20N4O3/c1-13-4-5-14(2)17(10-13)25-20(26)18-11-23-19(12-22-18)24-16-8-6-15(7-9-16)21(27)28-3/h4-12H,1-3H3,(H,23,24)(H,25,26). The van der Waals surface area contributed by atoms with Gasteiger partial charge in [-0.2, -0.15) is 0 Å². The Hall–Kier alpha value is -3.74. The van der Waals surface area contributed by atoms with E-state index in [1.165, 1.54) is 19.5 Å². The van der Waals surface area contributed by atoms with Gasteiger partial charge in [-0.1, -0.05) is 12.1 Å². The molecule has 0 radical (unpaired) electrons. The first-order valence-corrected chi connectivity index (χ1v) is 8.62. The Kier molecular flexibility index (Phi) is 5.64. The molecule has 0 aliphatic heterocycles. The number of rotatable bonds is 5. The Bertz CT molecular complexity index is 999. The monoisotopic (exact) mass is 376 g/mol. The van der Waals surface area contributed by atoms with Gasteiger partial charge < -0.3 is 15.4 Å². The molecule has 1 heterocycles. The molecule has 0 saturated carbocycles. The number of benzene rings is 2. The van der Waals surface area contributed by atoms with Crippen LogP contribution < -0.4 is 10.6 Å². The Morgan fingerprint density at radius 3 is 2.36 bits per heavy atom. The summed E-state index contributed by atoms with van der Waals surface area (Å²) in [6, 6.07) is 12.6. The number of nitrogens with one attached hydrogen (secondary N) is 2. The number of aromatic nitrogens is 2. The second-order valence-corrected chi connectivity index (χ2v) is 6.25. The molecule has 2 N–H and O–H groups in total. The van der Waals surface area contributed by atoms with E-state index in [-0.39, 0.29) is 11.6 Å². The van der Waals surface area contributed by atoms with E-state index < -0.39 is 5.97 Å². The SMILES string of the molecule is COC(=O)c1ccc(Nc2cnc(C(=O)Nc3cc(C)ccc3C)cn2)cc1. The highest BCUT2D eigenvalue weighted by atomic mass is 16.5. The van der Waals surface area contributed by atoms with Crippen LogP contribution in [0.4, 0.5) is 17.2 Å². The minimum Gasteiger partial charge on any atom is -0.465 e. The third-order valence-corrected chi connectivity index (χ3v) is 4.10. The molecule has 0 spiro atoms. The van der Waals surface area contributed by atoms with Crippen molar-refractivity contribution in [2.45, 2.75) is 13.8 Å². The maximum absolute atomic E-state index is 12.4. The molecule has 7 heteroatoms. The molecule has 0 atom stereocenters. The first-order chi connectivity index (χ1) is 13.5. The number of hydrogen-bond donors (Lipinski definition) is 2. The highest BCUT2D eigenvalue weighted by Crippen LogP contribution is 2.18. The second-order valence-electron chi connectivity index (χ2n) is 6.25.